The van der Waals surface area contributed by atoms with Gasteiger partial charge in [-0.2, -0.15) is 5.10 Å². The number of ether oxygens (including phenoxy) is 1. The van der Waals surface area contributed by atoms with E-state index in [-0.39, 0.29) is 0 Å². The molecule has 3 nitrogen and oxygen atoms in total. The van der Waals surface area contributed by atoms with E-state index in [0.717, 1.165) is 33.7 Å². The van der Waals surface area contributed by atoms with Crippen molar-refractivity contribution in [2.45, 2.75) is 6.61 Å². The van der Waals surface area contributed by atoms with Crippen LogP contribution in [0.3, 0.4) is 0 Å². The zero-order chi connectivity index (χ0) is 20.2. The molecule has 0 aliphatic heterocycles. The zero-order valence-corrected chi connectivity index (χ0v) is 16.4. The van der Waals surface area contributed by atoms with E-state index in [4.69, 9.17) is 4.74 Å². The van der Waals surface area contributed by atoms with Crippen molar-refractivity contribution in [2.24, 2.45) is 10.2 Å². The molecule has 0 bridgehead atoms. The molecule has 0 atom stereocenters. The van der Waals surface area contributed by atoms with Crippen LogP contribution >= 0.6 is 0 Å². The van der Waals surface area contributed by atoms with Crippen LogP contribution in [0.2, 0.25) is 0 Å². The number of nitrogens with zero attached hydrogens (tertiary/aromatic N) is 2. The Morgan fingerprint density at radius 2 is 1.17 bits per heavy atom. The molecule has 0 spiro atoms. The van der Waals surface area contributed by atoms with Crippen molar-refractivity contribution in [1.82, 2.24) is 0 Å². The van der Waals surface area contributed by atoms with Crippen LogP contribution in [0.4, 0.5) is 0 Å². The second-order valence-corrected chi connectivity index (χ2v) is 7.13. The highest BCUT2D eigenvalue weighted by Gasteiger charge is 2.23. The first-order valence-electron chi connectivity index (χ1n) is 9.95. The third-order valence-corrected chi connectivity index (χ3v) is 5.15. The lowest BCUT2D eigenvalue weighted by molar-refractivity contribution is 0.306. The molecule has 0 heterocycles. The molecule has 0 saturated heterocycles. The smallest absolute Gasteiger partial charge is 0.119 e. The Hall–Kier alpha value is -3.98. The van der Waals surface area contributed by atoms with Gasteiger partial charge in [-0.3, -0.25) is 0 Å². The minimum Gasteiger partial charge on any atom is -0.489 e. The predicted octanol–water partition coefficient (Wildman–Crippen LogP) is 6.12. The van der Waals surface area contributed by atoms with Gasteiger partial charge in [-0.25, -0.2) is 0 Å². The van der Waals surface area contributed by atoms with E-state index in [1.165, 1.54) is 11.1 Å². The Labute approximate surface area is 176 Å². The monoisotopic (exact) mass is 388 g/mol. The van der Waals surface area contributed by atoms with E-state index < -0.39 is 0 Å². The summed E-state index contributed by atoms with van der Waals surface area (Å²) in [5, 5.41) is 8.92. The van der Waals surface area contributed by atoms with E-state index in [1.54, 1.807) is 6.21 Å². The number of rotatable bonds is 5. The van der Waals surface area contributed by atoms with Gasteiger partial charge in [0.05, 0.1) is 6.21 Å². The lowest BCUT2D eigenvalue weighted by atomic mass is 10.1. The molecule has 3 heteroatoms. The molecular weight excluding hydrogens is 368 g/mol. The van der Waals surface area contributed by atoms with Crippen LogP contribution in [-0.4, -0.2) is 11.9 Å². The molecule has 0 unspecified atom stereocenters. The third-order valence-electron chi connectivity index (χ3n) is 5.15. The molecule has 4 aromatic rings. The van der Waals surface area contributed by atoms with E-state index in [9.17, 15) is 0 Å². The molecule has 1 aliphatic rings. The largest absolute Gasteiger partial charge is 0.489 e. The number of hydrogen-bond acceptors (Lipinski definition) is 3. The highest BCUT2D eigenvalue weighted by Crippen LogP contribution is 2.36. The maximum Gasteiger partial charge on any atom is 0.119 e. The summed E-state index contributed by atoms with van der Waals surface area (Å²) in [5.41, 5.74) is 7.72. The van der Waals surface area contributed by atoms with Crippen molar-refractivity contribution < 1.29 is 4.74 Å². The topological polar surface area (TPSA) is 34.0 Å². The van der Waals surface area contributed by atoms with Gasteiger partial charge in [0.1, 0.15) is 18.1 Å². The molecular formula is C27H20N2O. The fourth-order valence-electron chi connectivity index (χ4n) is 3.65. The van der Waals surface area contributed by atoms with Crippen molar-refractivity contribution in [2.75, 3.05) is 0 Å². The van der Waals surface area contributed by atoms with Crippen LogP contribution in [-0.2, 0) is 6.61 Å². The molecule has 0 N–H and O–H groups in total. The van der Waals surface area contributed by atoms with Gasteiger partial charge in [-0.1, -0.05) is 78.9 Å². The van der Waals surface area contributed by atoms with E-state index >= 15 is 0 Å². The summed E-state index contributed by atoms with van der Waals surface area (Å²) in [6, 6.07) is 34.7. The van der Waals surface area contributed by atoms with Crippen LogP contribution < -0.4 is 4.74 Å². The Bertz CT molecular complexity index is 1180. The fourth-order valence-corrected chi connectivity index (χ4v) is 3.65. The zero-order valence-electron chi connectivity index (χ0n) is 16.4. The fraction of sp³-hybridized carbons (Fsp3) is 0.0370. The summed E-state index contributed by atoms with van der Waals surface area (Å²) in [4.78, 5) is 0. The van der Waals surface area contributed by atoms with Gasteiger partial charge in [-0.05, 0) is 46.5 Å². The lowest BCUT2D eigenvalue weighted by Gasteiger charge is -2.06. The minimum absolute atomic E-state index is 0.556. The molecule has 0 amide bonds. The summed E-state index contributed by atoms with van der Waals surface area (Å²) in [6.07, 6.45) is 1.78. The summed E-state index contributed by atoms with van der Waals surface area (Å²) >= 11 is 0. The van der Waals surface area contributed by atoms with Gasteiger partial charge in [0.25, 0.3) is 0 Å². The first-order valence-corrected chi connectivity index (χ1v) is 9.95. The van der Waals surface area contributed by atoms with Crippen LogP contribution in [0, 0.1) is 0 Å². The molecule has 1 aliphatic carbocycles. The SMILES string of the molecule is C(=N\N=C1c2ccccc2-c2ccccc21)/c1ccc(OCc2ccccc2)cc1. The first-order chi connectivity index (χ1) is 14.9. The second-order valence-electron chi connectivity index (χ2n) is 7.13. The maximum atomic E-state index is 5.84. The number of hydrogen-bond donors (Lipinski definition) is 0. The molecule has 0 aromatic heterocycles. The van der Waals surface area contributed by atoms with E-state index in [1.807, 2.05) is 54.6 Å². The van der Waals surface area contributed by atoms with E-state index in [2.05, 4.69) is 58.7 Å². The first kappa shape index (κ1) is 18.1. The van der Waals surface area contributed by atoms with Crippen LogP contribution in [0.25, 0.3) is 11.1 Å². The maximum absolute atomic E-state index is 5.84. The van der Waals surface area contributed by atoms with Gasteiger partial charge in [0, 0.05) is 11.1 Å². The lowest BCUT2D eigenvalue weighted by Crippen LogP contribution is -1.97. The Morgan fingerprint density at radius 1 is 0.600 bits per heavy atom. The van der Waals surface area contributed by atoms with Gasteiger partial charge in [0.2, 0.25) is 0 Å². The molecule has 4 aromatic carbocycles. The summed E-state index contributed by atoms with van der Waals surface area (Å²) in [6.45, 7) is 0.556. The molecule has 30 heavy (non-hydrogen) atoms. The van der Waals surface area contributed by atoms with Crippen LogP contribution in [0.5, 0.6) is 5.75 Å². The quantitative estimate of drug-likeness (QED) is 0.264. The third kappa shape index (κ3) is 3.65. The van der Waals surface area contributed by atoms with Crippen molar-refractivity contribution >= 4 is 11.9 Å². The van der Waals surface area contributed by atoms with Crippen molar-refractivity contribution in [3.63, 3.8) is 0 Å². The predicted molar refractivity (Wildman–Crippen MR) is 122 cm³/mol. The van der Waals surface area contributed by atoms with Gasteiger partial charge in [0.15, 0.2) is 0 Å². The van der Waals surface area contributed by atoms with Gasteiger partial charge in [-0.15, -0.1) is 5.10 Å². The highest BCUT2D eigenvalue weighted by molar-refractivity contribution is 6.24. The molecule has 0 saturated carbocycles. The summed E-state index contributed by atoms with van der Waals surface area (Å²) in [7, 11) is 0. The Kier molecular flexibility index (Phi) is 4.93. The van der Waals surface area contributed by atoms with E-state index in [0.29, 0.717) is 6.61 Å². The van der Waals surface area contributed by atoms with Gasteiger partial charge >= 0.3 is 0 Å². The number of fused-ring (bicyclic) bond motifs is 3. The average molecular weight is 388 g/mol. The average Bonchev–Trinajstić information content (AvgIpc) is 3.13. The molecule has 0 fully saturated rings. The standard InChI is InChI=1S/C27H20N2O/c1-2-8-21(9-3-1)19-30-22-16-14-20(15-17-22)18-28-29-27-25-12-6-4-10-23(25)24-11-5-7-13-26(24)27/h1-18H,19H2/b28-18+. The van der Waals surface area contributed by atoms with Crippen molar-refractivity contribution in [3.05, 3.63) is 125 Å². The summed E-state index contributed by atoms with van der Waals surface area (Å²) < 4.78 is 5.84. The van der Waals surface area contributed by atoms with Gasteiger partial charge < -0.3 is 4.74 Å². The Balaban J connectivity index is 1.32. The molecule has 0 radical (unpaired) electrons. The molecule has 5 rings (SSSR count). The number of benzene rings is 4. The van der Waals surface area contributed by atoms with Crippen molar-refractivity contribution in [3.8, 4) is 16.9 Å². The minimum atomic E-state index is 0.556. The highest BCUT2D eigenvalue weighted by atomic mass is 16.5. The van der Waals surface area contributed by atoms with Crippen molar-refractivity contribution in [1.29, 1.82) is 0 Å². The Morgan fingerprint density at radius 3 is 1.80 bits per heavy atom. The van der Waals surface area contributed by atoms with Crippen LogP contribution in [0.15, 0.2) is 113 Å². The molecule has 144 valence electrons. The van der Waals surface area contributed by atoms with Crippen LogP contribution in [0.1, 0.15) is 22.3 Å². The normalized spacial score (nSPS) is 11.9. The second kappa shape index (κ2) is 8.18. The summed E-state index contributed by atoms with van der Waals surface area (Å²) in [5.74, 6) is 0.834.